The van der Waals surface area contributed by atoms with Gasteiger partial charge in [-0.1, -0.05) is 0 Å². The molecule has 0 aromatic heterocycles. The van der Waals surface area contributed by atoms with Crippen molar-refractivity contribution in [3.63, 3.8) is 0 Å². The van der Waals surface area contributed by atoms with Gasteiger partial charge in [0, 0.05) is 12.0 Å². The third-order valence-electron chi connectivity index (χ3n) is 2.43. The van der Waals surface area contributed by atoms with E-state index in [1.54, 1.807) is 6.92 Å². The quantitative estimate of drug-likeness (QED) is 0.458. The number of ether oxygens (including phenoxy) is 2. The number of carbonyl (C=O) groups is 2. The Morgan fingerprint density at radius 1 is 1.20 bits per heavy atom. The van der Waals surface area contributed by atoms with Gasteiger partial charge in [0.15, 0.2) is 17.4 Å². The Labute approximate surface area is 113 Å². The standard InChI is InChI=1S/C13H13F3O4/c1-3-20-10(18)6-8(17)4-7-5-9(14)12(16)13(19-2)11(7)15/h5H,3-4,6H2,1-2H3. The minimum atomic E-state index is -1.47. The molecule has 0 amide bonds. The number of benzene rings is 1. The highest BCUT2D eigenvalue weighted by Gasteiger charge is 2.21. The third kappa shape index (κ3) is 3.72. The highest BCUT2D eigenvalue weighted by molar-refractivity contribution is 5.96. The molecule has 0 unspecified atom stereocenters. The maximum Gasteiger partial charge on any atom is 0.313 e. The van der Waals surface area contributed by atoms with E-state index in [1.165, 1.54) is 0 Å². The zero-order valence-corrected chi connectivity index (χ0v) is 11.0. The summed E-state index contributed by atoms with van der Waals surface area (Å²) in [6, 6.07) is 0.566. The average Bonchev–Trinajstić information content (AvgIpc) is 2.36. The Morgan fingerprint density at radius 3 is 2.40 bits per heavy atom. The van der Waals surface area contributed by atoms with E-state index in [1.807, 2.05) is 0 Å². The van der Waals surface area contributed by atoms with Crippen LogP contribution in [0.2, 0.25) is 0 Å². The van der Waals surface area contributed by atoms with Crippen LogP contribution in [0.25, 0.3) is 0 Å². The van der Waals surface area contributed by atoms with Crippen LogP contribution in [0.1, 0.15) is 18.9 Å². The first-order valence-electron chi connectivity index (χ1n) is 5.78. The molecule has 20 heavy (non-hydrogen) atoms. The van der Waals surface area contributed by atoms with Crippen LogP contribution in [0, 0.1) is 17.5 Å². The number of hydrogen-bond donors (Lipinski definition) is 0. The molecule has 0 saturated heterocycles. The van der Waals surface area contributed by atoms with Gasteiger partial charge in [-0.3, -0.25) is 9.59 Å². The molecule has 0 saturated carbocycles. The van der Waals surface area contributed by atoms with Crippen molar-refractivity contribution in [3.05, 3.63) is 29.1 Å². The second kappa shape index (κ2) is 6.93. The molecule has 0 fully saturated rings. The molecule has 1 aromatic carbocycles. The summed E-state index contributed by atoms with van der Waals surface area (Å²) in [4.78, 5) is 22.6. The van der Waals surface area contributed by atoms with Crippen LogP contribution in [-0.4, -0.2) is 25.5 Å². The minimum absolute atomic E-state index is 0.111. The number of ketones is 1. The first-order chi connectivity index (χ1) is 9.40. The zero-order valence-electron chi connectivity index (χ0n) is 11.0. The minimum Gasteiger partial charge on any atom is -0.491 e. The first kappa shape index (κ1) is 16.0. The Balaban J connectivity index is 2.90. The second-order valence-electron chi connectivity index (χ2n) is 3.88. The van der Waals surface area contributed by atoms with Crippen LogP contribution in [0.3, 0.4) is 0 Å². The zero-order chi connectivity index (χ0) is 15.3. The summed E-state index contributed by atoms with van der Waals surface area (Å²) < 4.78 is 49.1. The number of esters is 1. The molecule has 0 atom stereocenters. The van der Waals surface area contributed by atoms with Crippen molar-refractivity contribution in [1.29, 1.82) is 0 Å². The van der Waals surface area contributed by atoms with Crippen molar-refractivity contribution in [2.24, 2.45) is 0 Å². The van der Waals surface area contributed by atoms with Crippen LogP contribution in [-0.2, 0) is 20.7 Å². The molecule has 4 nitrogen and oxygen atoms in total. The first-order valence-corrected chi connectivity index (χ1v) is 5.78. The molecule has 0 aliphatic heterocycles. The van der Waals surface area contributed by atoms with E-state index in [9.17, 15) is 22.8 Å². The van der Waals surface area contributed by atoms with E-state index in [2.05, 4.69) is 9.47 Å². The second-order valence-corrected chi connectivity index (χ2v) is 3.88. The van der Waals surface area contributed by atoms with E-state index < -0.39 is 47.8 Å². The maximum atomic E-state index is 13.8. The lowest BCUT2D eigenvalue weighted by Gasteiger charge is -2.09. The van der Waals surface area contributed by atoms with Crippen LogP contribution >= 0.6 is 0 Å². The molecule has 110 valence electrons. The van der Waals surface area contributed by atoms with E-state index in [0.717, 1.165) is 7.11 Å². The van der Waals surface area contributed by atoms with E-state index in [4.69, 9.17) is 0 Å². The third-order valence-corrected chi connectivity index (χ3v) is 2.43. The monoisotopic (exact) mass is 290 g/mol. The summed E-state index contributed by atoms with van der Waals surface area (Å²) in [5.74, 6) is -6.29. The van der Waals surface area contributed by atoms with Gasteiger partial charge in [-0.15, -0.1) is 0 Å². The molecule has 7 heteroatoms. The fraction of sp³-hybridized carbons (Fsp3) is 0.385. The van der Waals surface area contributed by atoms with E-state index in [0.29, 0.717) is 6.07 Å². The van der Waals surface area contributed by atoms with Gasteiger partial charge in [-0.2, -0.15) is 4.39 Å². The largest absolute Gasteiger partial charge is 0.491 e. The molecule has 0 spiro atoms. The average molecular weight is 290 g/mol. The van der Waals surface area contributed by atoms with Gasteiger partial charge in [0.05, 0.1) is 13.7 Å². The molecule has 0 aliphatic carbocycles. The molecule has 0 heterocycles. The number of carbonyl (C=O) groups excluding carboxylic acids is 2. The summed E-state index contributed by atoms with van der Waals surface area (Å²) in [7, 11) is 0.977. The van der Waals surface area contributed by atoms with Crippen LogP contribution in [0.15, 0.2) is 6.07 Å². The Bertz CT molecular complexity index is 529. The van der Waals surface area contributed by atoms with Crippen molar-refractivity contribution >= 4 is 11.8 Å². The fourth-order valence-corrected chi connectivity index (χ4v) is 1.59. The van der Waals surface area contributed by atoms with E-state index >= 15 is 0 Å². The predicted octanol–water partition coefficient (Wildman–Crippen LogP) is 2.18. The van der Waals surface area contributed by atoms with Gasteiger partial charge in [0.25, 0.3) is 0 Å². The van der Waals surface area contributed by atoms with Crippen LogP contribution in [0.5, 0.6) is 5.75 Å². The van der Waals surface area contributed by atoms with Gasteiger partial charge in [-0.05, 0) is 13.0 Å². The molecule has 0 bridgehead atoms. The normalized spacial score (nSPS) is 10.2. The highest BCUT2D eigenvalue weighted by Crippen LogP contribution is 2.27. The van der Waals surface area contributed by atoms with Gasteiger partial charge < -0.3 is 9.47 Å². The lowest BCUT2D eigenvalue weighted by atomic mass is 10.1. The van der Waals surface area contributed by atoms with Crippen molar-refractivity contribution in [2.45, 2.75) is 19.8 Å². The lowest BCUT2D eigenvalue weighted by molar-refractivity contribution is -0.145. The fourth-order valence-electron chi connectivity index (χ4n) is 1.59. The van der Waals surface area contributed by atoms with Crippen molar-refractivity contribution in [2.75, 3.05) is 13.7 Å². The summed E-state index contributed by atoms with van der Waals surface area (Å²) in [6.07, 6.45) is -1.12. The van der Waals surface area contributed by atoms with Crippen molar-refractivity contribution in [3.8, 4) is 5.75 Å². The number of methoxy groups -OCH3 is 1. The molecule has 1 rings (SSSR count). The molecule has 0 N–H and O–H groups in total. The molecular formula is C13H13F3O4. The highest BCUT2D eigenvalue weighted by atomic mass is 19.2. The SMILES string of the molecule is CCOC(=O)CC(=O)Cc1cc(F)c(F)c(OC)c1F. The van der Waals surface area contributed by atoms with Crippen molar-refractivity contribution < 1.29 is 32.2 Å². The molecule has 0 radical (unpaired) electrons. The Hall–Kier alpha value is -2.05. The Kier molecular flexibility index (Phi) is 5.54. The molecule has 1 aromatic rings. The number of hydrogen-bond acceptors (Lipinski definition) is 4. The van der Waals surface area contributed by atoms with Gasteiger partial charge in [-0.25, -0.2) is 8.78 Å². The van der Waals surface area contributed by atoms with Crippen LogP contribution < -0.4 is 4.74 Å². The van der Waals surface area contributed by atoms with E-state index in [-0.39, 0.29) is 12.2 Å². The van der Waals surface area contributed by atoms with Gasteiger partial charge in [0.1, 0.15) is 12.2 Å². The Morgan fingerprint density at radius 2 is 1.85 bits per heavy atom. The summed E-state index contributed by atoms with van der Waals surface area (Å²) >= 11 is 0. The van der Waals surface area contributed by atoms with Crippen molar-refractivity contribution in [1.82, 2.24) is 0 Å². The topological polar surface area (TPSA) is 52.6 Å². The van der Waals surface area contributed by atoms with Gasteiger partial charge in [0.2, 0.25) is 5.82 Å². The maximum absolute atomic E-state index is 13.8. The lowest BCUT2D eigenvalue weighted by Crippen LogP contribution is -2.14. The summed E-state index contributed by atoms with van der Waals surface area (Å²) in [5, 5.41) is 0. The number of rotatable bonds is 6. The number of halogens is 3. The predicted molar refractivity (Wildman–Crippen MR) is 62.8 cm³/mol. The number of Topliss-reactive ketones (excluding diaryl/α,β-unsaturated/α-hetero) is 1. The summed E-state index contributed by atoms with van der Waals surface area (Å²) in [5.41, 5.74) is -0.380. The molecule has 0 aliphatic rings. The molecular weight excluding hydrogens is 277 g/mol. The van der Waals surface area contributed by atoms with Gasteiger partial charge >= 0.3 is 5.97 Å². The summed E-state index contributed by atoms with van der Waals surface area (Å²) in [6.45, 7) is 1.68. The smallest absolute Gasteiger partial charge is 0.313 e. The van der Waals surface area contributed by atoms with Crippen LogP contribution in [0.4, 0.5) is 13.2 Å².